The number of ether oxygens (including phenoxy) is 1. The Hall–Kier alpha value is -3.75. The van der Waals surface area contributed by atoms with Gasteiger partial charge in [-0.25, -0.2) is 0 Å². The van der Waals surface area contributed by atoms with E-state index >= 15 is 0 Å². The number of rotatable bonds is 6. The second-order valence-corrected chi connectivity index (χ2v) is 11.2. The van der Waals surface area contributed by atoms with Crippen molar-refractivity contribution in [2.24, 2.45) is 11.8 Å². The van der Waals surface area contributed by atoms with E-state index in [1.54, 1.807) is 14.7 Å². The highest BCUT2D eigenvalue weighted by Gasteiger charge is 2.71. The van der Waals surface area contributed by atoms with Gasteiger partial charge in [-0.2, -0.15) is 0 Å². The van der Waals surface area contributed by atoms with Crippen molar-refractivity contribution in [3.8, 4) is 0 Å². The van der Waals surface area contributed by atoms with Crippen LogP contribution in [0, 0.1) is 25.7 Å². The molecule has 4 aliphatic heterocycles. The van der Waals surface area contributed by atoms with Gasteiger partial charge in [0.2, 0.25) is 11.8 Å². The van der Waals surface area contributed by atoms with Crippen LogP contribution in [0.25, 0.3) is 0 Å². The molecule has 2 saturated heterocycles. The van der Waals surface area contributed by atoms with E-state index in [2.05, 4.69) is 0 Å². The summed E-state index contributed by atoms with van der Waals surface area (Å²) >= 11 is 0. The molecule has 0 aliphatic carbocycles. The van der Waals surface area contributed by atoms with Crippen molar-refractivity contribution >= 4 is 29.1 Å². The van der Waals surface area contributed by atoms with Crippen molar-refractivity contribution in [2.75, 3.05) is 36.0 Å². The quantitative estimate of drug-likeness (QED) is 0.448. The summed E-state index contributed by atoms with van der Waals surface area (Å²) in [6.07, 6.45) is 8.00. The fourth-order valence-electron chi connectivity index (χ4n) is 6.84. The largest absolute Gasteiger partial charge is 0.396 e. The van der Waals surface area contributed by atoms with E-state index < -0.39 is 29.6 Å². The number of aliphatic hydroxyl groups excluding tert-OH is 1. The monoisotopic (exact) mass is 541 g/mol. The Morgan fingerprint density at radius 3 is 2.48 bits per heavy atom. The van der Waals surface area contributed by atoms with Gasteiger partial charge < -0.3 is 24.5 Å². The number of likely N-dealkylation sites (tertiary alicyclic amines) is 1. The number of anilines is 2. The van der Waals surface area contributed by atoms with Crippen molar-refractivity contribution in [2.45, 2.75) is 44.4 Å². The Balaban J connectivity index is 1.44. The predicted molar refractivity (Wildman–Crippen MR) is 152 cm³/mol. The number of aryl methyl sites for hydroxylation is 2. The van der Waals surface area contributed by atoms with Gasteiger partial charge in [0, 0.05) is 37.6 Å². The van der Waals surface area contributed by atoms with Gasteiger partial charge in [0.05, 0.1) is 17.9 Å². The summed E-state index contributed by atoms with van der Waals surface area (Å²) in [6, 6.07) is 14.5. The van der Waals surface area contributed by atoms with Crippen molar-refractivity contribution in [1.82, 2.24) is 4.90 Å². The lowest BCUT2D eigenvalue weighted by Crippen LogP contribution is -2.55. The van der Waals surface area contributed by atoms with Crippen molar-refractivity contribution < 1.29 is 24.2 Å². The first-order valence-corrected chi connectivity index (χ1v) is 14.1. The van der Waals surface area contributed by atoms with Crippen LogP contribution in [0.4, 0.5) is 11.4 Å². The van der Waals surface area contributed by atoms with Gasteiger partial charge in [-0.15, -0.1) is 0 Å². The first-order chi connectivity index (χ1) is 19.4. The summed E-state index contributed by atoms with van der Waals surface area (Å²) < 4.78 is 6.73. The minimum atomic E-state index is -1.27. The minimum absolute atomic E-state index is 0.000243. The zero-order chi connectivity index (χ0) is 28.0. The Morgan fingerprint density at radius 2 is 1.70 bits per heavy atom. The van der Waals surface area contributed by atoms with Crippen LogP contribution in [-0.2, 0) is 19.1 Å². The van der Waals surface area contributed by atoms with Crippen molar-refractivity contribution in [3.63, 3.8) is 0 Å². The summed E-state index contributed by atoms with van der Waals surface area (Å²) in [6.45, 7) is 4.98. The number of para-hydroxylation sites is 1. The van der Waals surface area contributed by atoms with Crippen LogP contribution < -0.4 is 9.80 Å². The zero-order valence-electron chi connectivity index (χ0n) is 22.9. The molecule has 0 bridgehead atoms. The average molecular weight is 542 g/mol. The van der Waals surface area contributed by atoms with Crippen LogP contribution in [0.3, 0.4) is 0 Å². The van der Waals surface area contributed by atoms with E-state index in [9.17, 15) is 19.5 Å². The molecule has 2 fully saturated rings. The average Bonchev–Trinajstić information content (AvgIpc) is 3.26. The highest BCUT2D eigenvalue weighted by Crippen LogP contribution is 2.54. The summed E-state index contributed by atoms with van der Waals surface area (Å²) in [5.41, 5.74) is 2.29. The Kier molecular flexibility index (Phi) is 6.84. The molecule has 0 saturated carbocycles. The molecular weight excluding hydrogens is 506 g/mol. The maximum absolute atomic E-state index is 14.5. The van der Waals surface area contributed by atoms with Crippen LogP contribution in [0.5, 0.6) is 0 Å². The zero-order valence-corrected chi connectivity index (χ0v) is 22.9. The number of aliphatic hydroxyl groups is 1. The van der Waals surface area contributed by atoms with Crippen LogP contribution >= 0.6 is 0 Å². The molecule has 8 nitrogen and oxygen atoms in total. The van der Waals surface area contributed by atoms with Gasteiger partial charge in [-0.05, 0) is 56.0 Å². The van der Waals surface area contributed by atoms with E-state index in [0.717, 1.165) is 22.5 Å². The molecule has 208 valence electrons. The topological polar surface area (TPSA) is 90.4 Å². The maximum Gasteiger partial charge on any atom is 0.253 e. The van der Waals surface area contributed by atoms with Gasteiger partial charge in [0.25, 0.3) is 5.91 Å². The number of carbonyl (C=O) groups excluding carboxylic acids is 3. The second kappa shape index (κ2) is 10.3. The Labute approximate surface area is 234 Å². The van der Waals surface area contributed by atoms with Crippen molar-refractivity contribution in [3.05, 3.63) is 84.0 Å². The SMILES string of the molecule is Cc1ccc(C)c(N2CC=C[C@]34O[C@H]5C=CCN(c6ccccc6)C(=O)[C@H]5[C@H]3C(=O)N(CCCCO)C4C2=O)c1. The molecule has 3 amide bonds. The number of unbranched alkanes of at least 4 members (excludes halogenated alkanes) is 1. The first kappa shape index (κ1) is 26.5. The summed E-state index contributed by atoms with van der Waals surface area (Å²) in [5, 5.41) is 9.43. The molecule has 4 heterocycles. The van der Waals surface area contributed by atoms with Crippen molar-refractivity contribution in [1.29, 1.82) is 0 Å². The fraction of sp³-hybridized carbons (Fsp3) is 0.406. The minimum Gasteiger partial charge on any atom is -0.396 e. The van der Waals surface area contributed by atoms with Gasteiger partial charge in [0.1, 0.15) is 11.6 Å². The lowest BCUT2D eigenvalue weighted by atomic mass is 9.77. The van der Waals surface area contributed by atoms with Crippen LogP contribution in [0.1, 0.15) is 24.0 Å². The summed E-state index contributed by atoms with van der Waals surface area (Å²) in [7, 11) is 0. The number of nitrogens with zero attached hydrogens (tertiary/aromatic N) is 3. The van der Waals surface area contributed by atoms with Crippen LogP contribution in [0.2, 0.25) is 0 Å². The molecule has 1 N–H and O–H groups in total. The molecule has 2 aromatic rings. The number of hydrogen-bond donors (Lipinski definition) is 1. The molecule has 40 heavy (non-hydrogen) atoms. The number of fused-ring (bicyclic) bond motifs is 2. The molecule has 2 aromatic carbocycles. The third-order valence-corrected chi connectivity index (χ3v) is 8.69. The third-order valence-electron chi connectivity index (χ3n) is 8.69. The van der Waals surface area contributed by atoms with E-state index in [1.165, 1.54) is 0 Å². The van der Waals surface area contributed by atoms with E-state index in [1.807, 2.05) is 86.7 Å². The fourth-order valence-corrected chi connectivity index (χ4v) is 6.84. The highest BCUT2D eigenvalue weighted by molar-refractivity contribution is 6.07. The number of carbonyl (C=O) groups is 3. The molecule has 5 atom stereocenters. The highest BCUT2D eigenvalue weighted by atomic mass is 16.5. The van der Waals surface area contributed by atoms with E-state index in [4.69, 9.17) is 4.74 Å². The molecule has 0 radical (unpaired) electrons. The van der Waals surface area contributed by atoms with Gasteiger partial charge in [0.15, 0.2) is 0 Å². The van der Waals surface area contributed by atoms with Crippen LogP contribution in [-0.4, -0.2) is 71.7 Å². The molecule has 1 unspecified atom stereocenters. The normalized spacial score (nSPS) is 29.4. The lowest BCUT2D eigenvalue weighted by molar-refractivity contribution is -0.140. The Morgan fingerprint density at radius 1 is 0.925 bits per heavy atom. The second-order valence-electron chi connectivity index (χ2n) is 11.2. The van der Waals surface area contributed by atoms with Gasteiger partial charge in [-0.3, -0.25) is 14.4 Å². The Bertz CT molecular complexity index is 1390. The summed E-state index contributed by atoms with van der Waals surface area (Å²) in [5.74, 6) is -2.23. The first-order valence-electron chi connectivity index (χ1n) is 14.1. The van der Waals surface area contributed by atoms with Gasteiger partial charge in [-0.1, -0.05) is 54.6 Å². The lowest BCUT2D eigenvalue weighted by Gasteiger charge is -2.35. The molecule has 4 aliphatic rings. The maximum atomic E-state index is 14.5. The molecule has 8 heteroatoms. The van der Waals surface area contributed by atoms with E-state index in [0.29, 0.717) is 32.5 Å². The third kappa shape index (κ3) is 4.09. The van der Waals surface area contributed by atoms with Crippen LogP contribution in [0.15, 0.2) is 72.8 Å². The van der Waals surface area contributed by atoms with E-state index in [-0.39, 0.29) is 24.3 Å². The smallest absolute Gasteiger partial charge is 0.253 e. The molecular formula is C32H35N3O5. The number of benzene rings is 2. The van der Waals surface area contributed by atoms with Gasteiger partial charge >= 0.3 is 0 Å². The predicted octanol–water partition coefficient (Wildman–Crippen LogP) is 3.16. The standard InChI is InChI=1S/C32H35N3O5/c1-21-13-14-22(2)24(20-21)34-18-9-15-32-27(30(38)35(16-6-7-19-36)28(32)31(34)39)26-25(40-32)12-8-17-33(29(26)37)23-10-4-3-5-11-23/h3-5,8-15,20,25-28,36H,6-7,16-19H2,1-2H3/t25-,26+,27-,28?,32-/m0/s1. The molecule has 0 aromatic heterocycles. The number of amides is 3. The summed E-state index contributed by atoms with van der Waals surface area (Å²) in [4.78, 5) is 48.0. The molecule has 1 spiro atoms. The number of hydrogen-bond acceptors (Lipinski definition) is 5. The molecule has 6 rings (SSSR count).